The zero-order chi connectivity index (χ0) is 36.0. The molecule has 1 aliphatic rings. The molecule has 10 aromatic rings. The van der Waals surface area contributed by atoms with Crippen molar-refractivity contribution in [1.82, 2.24) is 9.97 Å². The van der Waals surface area contributed by atoms with Gasteiger partial charge in [-0.15, -0.1) is 11.3 Å². The van der Waals surface area contributed by atoms with Gasteiger partial charge >= 0.3 is 0 Å². The third-order valence-corrected chi connectivity index (χ3v) is 12.6. The van der Waals surface area contributed by atoms with Crippen molar-refractivity contribution in [2.45, 2.75) is 19.3 Å². The first-order chi connectivity index (χ1) is 26.5. The maximum absolute atomic E-state index is 5.35. The molecular weight excluding hydrogens is 673 g/mol. The molecular formula is C51H34N2S. The summed E-state index contributed by atoms with van der Waals surface area (Å²) in [6.45, 7) is 4.76. The van der Waals surface area contributed by atoms with E-state index in [4.69, 9.17) is 9.97 Å². The van der Waals surface area contributed by atoms with E-state index in [0.717, 1.165) is 39.3 Å². The topological polar surface area (TPSA) is 25.8 Å². The summed E-state index contributed by atoms with van der Waals surface area (Å²) in [5.41, 5.74) is 12.8. The summed E-state index contributed by atoms with van der Waals surface area (Å²) in [7, 11) is 0. The van der Waals surface area contributed by atoms with Crippen LogP contribution in [0.1, 0.15) is 25.0 Å². The van der Waals surface area contributed by atoms with E-state index < -0.39 is 0 Å². The van der Waals surface area contributed by atoms with Gasteiger partial charge in [-0.05, 0) is 97.4 Å². The summed E-state index contributed by atoms with van der Waals surface area (Å²) in [4.78, 5) is 10.6. The second-order valence-corrected chi connectivity index (χ2v) is 16.0. The minimum absolute atomic E-state index is 0.165. The van der Waals surface area contributed by atoms with Crippen LogP contribution in [-0.4, -0.2) is 9.97 Å². The fraction of sp³-hybridized carbons (Fsp3) is 0.0588. The third-order valence-electron chi connectivity index (χ3n) is 11.5. The van der Waals surface area contributed by atoms with E-state index in [1.165, 1.54) is 69.7 Å². The van der Waals surface area contributed by atoms with E-state index in [9.17, 15) is 0 Å². The average Bonchev–Trinajstić information content (AvgIpc) is 3.71. The van der Waals surface area contributed by atoms with Crippen LogP contribution in [-0.2, 0) is 5.41 Å². The molecule has 0 fully saturated rings. The minimum atomic E-state index is -0.165. The van der Waals surface area contributed by atoms with Crippen LogP contribution in [0.5, 0.6) is 0 Å². The average molecular weight is 707 g/mol. The van der Waals surface area contributed by atoms with Crippen molar-refractivity contribution >= 4 is 53.1 Å². The van der Waals surface area contributed by atoms with E-state index in [2.05, 4.69) is 184 Å². The molecule has 0 N–H and O–H groups in total. The Hall–Kier alpha value is -6.42. The Kier molecular flexibility index (Phi) is 6.80. The number of benzene rings is 8. The Morgan fingerprint density at radius 1 is 0.407 bits per heavy atom. The number of aromatic nitrogens is 2. The summed E-state index contributed by atoms with van der Waals surface area (Å²) in [5.74, 6) is 0.724. The van der Waals surface area contributed by atoms with Crippen LogP contribution >= 0.6 is 11.3 Å². The van der Waals surface area contributed by atoms with Gasteiger partial charge < -0.3 is 0 Å². The van der Waals surface area contributed by atoms with Gasteiger partial charge in [-0.2, -0.15) is 0 Å². The van der Waals surface area contributed by atoms with Crippen LogP contribution in [0, 0.1) is 0 Å². The Morgan fingerprint density at radius 3 is 1.81 bits per heavy atom. The second-order valence-electron chi connectivity index (χ2n) is 14.9. The summed E-state index contributed by atoms with van der Waals surface area (Å²) in [6.07, 6.45) is 0. The van der Waals surface area contributed by atoms with Gasteiger partial charge in [-0.3, -0.25) is 0 Å². The lowest BCUT2D eigenvalue weighted by Gasteiger charge is -2.25. The van der Waals surface area contributed by atoms with Crippen molar-refractivity contribution in [2.24, 2.45) is 0 Å². The number of hydrogen-bond donors (Lipinski definition) is 0. The molecule has 2 heterocycles. The number of rotatable bonds is 4. The molecule has 11 rings (SSSR count). The molecule has 0 saturated carbocycles. The first-order valence-electron chi connectivity index (χ1n) is 18.6. The molecule has 2 aromatic heterocycles. The monoisotopic (exact) mass is 706 g/mol. The van der Waals surface area contributed by atoms with Gasteiger partial charge in [-0.25, -0.2) is 9.97 Å². The molecule has 0 saturated heterocycles. The van der Waals surface area contributed by atoms with Crippen molar-refractivity contribution in [3.05, 3.63) is 181 Å². The van der Waals surface area contributed by atoms with Gasteiger partial charge in [0, 0.05) is 42.3 Å². The van der Waals surface area contributed by atoms with Gasteiger partial charge in [0.2, 0.25) is 0 Å². The van der Waals surface area contributed by atoms with E-state index in [-0.39, 0.29) is 5.41 Å². The zero-order valence-corrected chi connectivity index (χ0v) is 30.8. The maximum Gasteiger partial charge on any atom is 0.161 e. The lowest BCUT2D eigenvalue weighted by atomic mass is 9.78. The Morgan fingerprint density at radius 2 is 1.02 bits per heavy atom. The molecule has 0 radical (unpaired) electrons. The maximum atomic E-state index is 5.35. The number of nitrogens with zero attached hydrogens (tertiary/aromatic N) is 2. The molecule has 8 aromatic carbocycles. The molecule has 2 nitrogen and oxygen atoms in total. The summed E-state index contributed by atoms with van der Waals surface area (Å²) in [6, 6.07) is 61.7. The predicted octanol–water partition coefficient (Wildman–Crippen LogP) is 14.1. The van der Waals surface area contributed by atoms with Crippen molar-refractivity contribution in [3.63, 3.8) is 0 Å². The van der Waals surface area contributed by atoms with Crippen molar-refractivity contribution in [3.8, 4) is 56.2 Å². The number of hydrogen-bond acceptors (Lipinski definition) is 3. The quantitative estimate of drug-likeness (QED) is 0.182. The predicted molar refractivity (Wildman–Crippen MR) is 229 cm³/mol. The van der Waals surface area contributed by atoms with E-state index >= 15 is 0 Å². The Bertz CT molecular complexity index is 3130. The van der Waals surface area contributed by atoms with Crippen molar-refractivity contribution in [2.75, 3.05) is 0 Å². The third kappa shape index (κ3) is 4.72. The van der Waals surface area contributed by atoms with Crippen LogP contribution in [0.15, 0.2) is 170 Å². The Labute approximate surface area is 318 Å². The largest absolute Gasteiger partial charge is 0.228 e. The molecule has 1 aliphatic carbocycles. The van der Waals surface area contributed by atoms with Crippen LogP contribution in [0.3, 0.4) is 0 Å². The van der Waals surface area contributed by atoms with Gasteiger partial charge in [0.05, 0.1) is 11.4 Å². The zero-order valence-electron chi connectivity index (χ0n) is 30.0. The normalized spacial score (nSPS) is 13.1. The van der Waals surface area contributed by atoms with Crippen LogP contribution in [0.2, 0.25) is 0 Å². The van der Waals surface area contributed by atoms with Crippen LogP contribution in [0.25, 0.3) is 97.9 Å². The molecule has 0 aliphatic heterocycles. The van der Waals surface area contributed by atoms with E-state index in [1.807, 2.05) is 11.3 Å². The highest BCUT2D eigenvalue weighted by Gasteiger charge is 2.38. The van der Waals surface area contributed by atoms with Gasteiger partial charge in [0.1, 0.15) is 0 Å². The Balaban J connectivity index is 1.10. The highest BCUT2D eigenvalue weighted by Crippen LogP contribution is 2.54. The molecule has 0 atom stereocenters. The highest BCUT2D eigenvalue weighted by atomic mass is 32.1. The lowest BCUT2D eigenvalue weighted by molar-refractivity contribution is 0.663. The van der Waals surface area contributed by atoms with Crippen molar-refractivity contribution < 1.29 is 0 Å². The van der Waals surface area contributed by atoms with Crippen LogP contribution in [0.4, 0.5) is 0 Å². The summed E-state index contributed by atoms with van der Waals surface area (Å²) < 4.78 is 2.58. The second kappa shape index (κ2) is 11.8. The first-order valence-corrected chi connectivity index (χ1v) is 19.4. The summed E-state index contributed by atoms with van der Waals surface area (Å²) in [5, 5.41) is 7.45. The smallest absolute Gasteiger partial charge is 0.161 e. The van der Waals surface area contributed by atoms with Gasteiger partial charge in [0.25, 0.3) is 0 Å². The SMILES string of the molecule is CC1(C)c2cc3ccccc3cc2-c2cccc(-c3ccc(-c4nc(-c5ccccc5)cc(-c5ccc6sc7ccccc7c6c5)n4)c4ccccc34)c21. The van der Waals surface area contributed by atoms with Gasteiger partial charge in [-0.1, -0.05) is 141 Å². The van der Waals surface area contributed by atoms with Crippen LogP contribution < -0.4 is 0 Å². The highest BCUT2D eigenvalue weighted by molar-refractivity contribution is 7.25. The fourth-order valence-corrected chi connectivity index (χ4v) is 9.96. The molecule has 0 unspecified atom stereocenters. The molecule has 3 heteroatoms. The minimum Gasteiger partial charge on any atom is -0.228 e. The van der Waals surface area contributed by atoms with Gasteiger partial charge in [0.15, 0.2) is 5.82 Å². The molecule has 254 valence electrons. The fourth-order valence-electron chi connectivity index (χ4n) is 8.88. The number of thiophene rings is 1. The lowest BCUT2D eigenvalue weighted by Crippen LogP contribution is -2.16. The summed E-state index contributed by atoms with van der Waals surface area (Å²) >= 11 is 1.84. The molecule has 0 amide bonds. The first kappa shape index (κ1) is 31.1. The molecule has 54 heavy (non-hydrogen) atoms. The van der Waals surface area contributed by atoms with Crippen molar-refractivity contribution in [1.29, 1.82) is 0 Å². The standard InChI is InChI=1S/C51H34N2S/c1-51(2)44-29-33-16-7-6-15-32(33)27-42(44)40-21-12-20-39(49(40)51)37-24-25-41(36-18-9-8-17-35(36)37)50-52-45(31-13-4-3-5-14-31)30-46(53-50)34-23-26-48-43(28-34)38-19-10-11-22-47(38)54-48/h3-30H,1-2H3. The van der Waals surface area contributed by atoms with E-state index in [0.29, 0.717) is 0 Å². The molecule has 0 bridgehead atoms. The molecule has 0 spiro atoms. The number of fused-ring (bicyclic) bond motifs is 8. The van der Waals surface area contributed by atoms with E-state index in [1.54, 1.807) is 0 Å².